The van der Waals surface area contributed by atoms with Crippen molar-refractivity contribution in [1.29, 1.82) is 0 Å². The SMILES string of the molecule is CCNC(=NCCCOc1ccccc1)NCCn1cccn1. The third-order valence-electron chi connectivity index (χ3n) is 3.12. The van der Waals surface area contributed by atoms with Gasteiger partial charge in [-0.2, -0.15) is 5.10 Å². The average molecular weight is 315 g/mol. The van der Waals surface area contributed by atoms with Gasteiger partial charge < -0.3 is 15.4 Å². The fourth-order valence-corrected chi connectivity index (χ4v) is 2.03. The van der Waals surface area contributed by atoms with Crippen LogP contribution in [0.15, 0.2) is 53.8 Å². The first-order chi connectivity index (χ1) is 11.4. The topological polar surface area (TPSA) is 63.5 Å². The van der Waals surface area contributed by atoms with Crippen LogP contribution in [-0.4, -0.2) is 42.0 Å². The van der Waals surface area contributed by atoms with E-state index in [1.807, 2.05) is 47.3 Å². The van der Waals surface area contributed by atoms with Gasteiger partial charge in [-0.05, 0) is 25.1 Å². The van der Waals surface area contributed by atoms with Crippen LogP contribution in [0.2, 0.25) is 0 Å². The van der Waals surface area contributed by atoms with Gasteiger partial charge in [0, 0.05) is 38.4 Å². The lowest BCUT2D eigenvalue weighted by atomic mass is 10.3. The Kier molecular flexibility index (Phi) is 7.53. The second-order valence-electron chi connectivity index (χ2n) is 4.97. The minimum atomic E-state index is 0.667. The van der Waals surface area contributed by atoms with Crippen LogP contribution in [0.4, 0.5) is 0 Å². The summed E-state index contributed by atoms with van der Waals surface area (Å²) in [6.45, 7) is 5.89. The van der Waals surface area contributed by atoms with Crippen molar-refractivity contribution in [2.24, 2.45) is 4.99 Å². The molecule has 2 N–H and O–H groups in total. The predicted octanol–water partition coefficient (Wildman–Crippen LogP) is 1.91. The quantitative estimate of drug-likeness (QED) is 0.421. The Hall–Kier alpha value is -2.50. The van der Waals surface area contributed by atoms with Crippen molar-refractivity contribution in [3.8, 4) is 5.75 Å². The highest BCUT2D eigenvalue weighted by atomic mass is 16.5. The highest BCUT2D eigenvalue weighted by Crippen LogP contribution is 2.08. The van der Waals surface area contributed by atoms with Gasteiger partial charge in [0.2, 0.25) is 0 Å². The number of nitrogens with one attached hydrogen (secondary N) is 2. The Bertz CT molecular complexity index is 554. The van der Waals surface area contributed by atoms with Crippen molar-refractivity contribution in [1.82, 2.24) is 20.4 Å². The number of nitrogens with zero attached hydrogens (tertiary/aromatic N) is 3. The number of hydrogen-bond donors (Lipinski definition) is 2. The lowest BCUT2D eigenvalue weighted by Gasteiger charge is -2.11. The van der Waals surface area contributed by atoms with Gasteiger partial charge in [-0.15, -0.1) is 0 Å². The number of guanidine groups is 1. The number of hydrogen-bond acceptors (Lipinski definition) is 3. The molecule has 6 nitrogen and oxygen atoms in total. The van der Waals surface area contributed by atoms with E-state index in [1.165, 1.54) is 0 Å². The van der Waals surface area contributed by atoms with Gasteiger partial charge in [-0.25, -0.2) is 0 Å². The van der Waals surface area contributed by atoms with E-state index in [0.29, 0.717) is 6.61 Å². The van der Waals surface area contributed by atoms with Gasteiger partial charge in [0.1, 0.15) is 5.75 Å². The normalized spacial score (nSPS) is 11.3. The molecule has 2 rings (SSSR count). The molecule has 6 heteroatoms. The standard InChI is InChI=1S/C17H25N5O/c1-2-18-17(20-12-14-22-13-6-11-21-22)19-10-7-15-23-16-8-4-3-5-9-16/h3-6,8-9,11,13H,2,7,10,12,14-15H2,1H3,(H2,18,19,20). The van der Waals surface area contributed by atoms with E-state index in [1.54, 1.807) is 6.20 Å². The van der Waals surface area contributed by atoms with Gasteiger partial charge >= 0.3 is 0 Å². The molecule has 1 aromatic carbocycles. The number of para-hydroxylation sites is 1. The van der Waals surface area contributed by atoms with Crippen molar-refractivity contribution in [2.45, 2.75) is 19.9 Å². The molecular formula is C17H25N5O. The molecule has 1 aromatic heterocycles. The van der Waals surface area contributed by atoms with Crippen LogP contribution in [0.3, 0.4) is 0 Å². The lowest BCUT2D eigenvalue weighted by Crippen LogP contribution is -2.39. The molecule has 2 aromatic rings. The van der Waals surface area contributed by atoms with E-state index in [9.17, 15) is 0 Å². The van der Waals surface area contributed by atoms with Gasteiger partial charge in [-0.3, -0.25) is 9.67 Å². The molecule has 0 spiro atoms. The van der Waals surface area contributed by atoms with E-state index in [-0.39, 0.29) is 0 Å². The molecule has 0 saturated carbocycles. The summed E-state index contributed by atoms with van der Waals surface area (Å²) in [7, 11) is 0. The van der Waals surface area contributed by atoms with E-state index in [4.69, 9.17) is 4.74 Å². The largest absolute Gasteiger partial charge is 0.494 e. The Labute approximate surface area is 137 Å². The van der Waals surface area contributed by atoms with Gasteiger partial charge in [-0.1, -0.05) is 18.2 Å². The van der Waals surface area contributed by atoms with Crippen LogP contribution in [0.1, 0.15) is 13.3 Å². The molecule has 124 valence electrons. The number of ether oxygens (including phenoxy) is 1. The van der Waals surface area contributed by atoms with Crippen molar-refractivity contribution in [3.63, 3.8) is 0 Å². The summed E-state index contributed by atoms with van der Waals surface area (Å²) in [4.78, 5) is 4.55. The molecule has 0 aliphatic rings. The van der Waals surface area contributed by atoms with E-state index < -0.39 is 0 Å². The molecule has 1 heterocycles. The number of aliphatic imine (C=N–C) groups is 1. The summed E-state index contributed by atoms with van der Waals surface area (Å²) in [6.07, 6.45) is 4.61. The van der Waals surface area contributed by atoms with E-state index in [0.717, 1.165) is 44.3 Å². The average Bonchev–Trinajstić information content (AvgIpc) is 3.09. The van der Waals surface area contributed by atoms with Crippen LogP contribution in [-0.2, 0) is 6.54 Å². The van der Waals surface area contributed by atoms with Crippen LogP contribution in [0.5, 0.6) is 5.75 Å². The molecule has 0 radical (unpaired) electrons. The monoisotopic (exact) mass is 315 g/mol. The van der Waals surface area contributed by atoms with Crippen molar-refractivity contribution in [2.75, 3.05) is 26.2 Å². The number of benzene rings is 1. The molecule has 0 aliphatic heterocycles. The molecular weight excluding hydrogens is 290 g/mol. The van der Waals surface area contributed by atoms with Gasteiger partial charge in [0.15, 0.2) is 5.96 Å². The summed E-state index contributed by atoms with van der Waals surface area (Å²) in [5, 5.41) is 10.7. The molecule has 0 bridgehead atoms. The Morgan fingerprint density at radius 2 is 2.09 bits per heavy atom. The smallest absolute Gasteiger partial charge is 0.191 e. The highest BCUT2D eigenvalue weighted by Gasteiger charge is 1.97. The predicted molar refractivity (Wildman–Crippen MR) is 92.8 cm³/mol. The minimum absolute atomic E-state index is 0.667. The van der Waals surface area contributed by atoms with Gasteiger partial charge in [0.25, 0.3) is 0 Å². The Balaban J connectivity index is 1.64. The summed E-state index contributed by atoms with van der Waals surface area (Å²) >= 11 is 0. The van der Waals surface area contributed by atoms with Crippen LogP contribution in [0, 0.1) is 0 Å². The summed E-state index contributed by atoms with van der Waals surface area (Å²) < 4.78 is 7.55. The summed E-state index contributed by atoms with van der Waals surface area (Å²) in [5.74, 6) is 1.74. The second-order valence-corrected chi connectivity index (χ2v) is 4.97. The van der Waals surface area contributed by atoms with E-state index in [2.05, 4.69) is 27.6 Å². The Morgan fingerprint density at radius 3 is 2.83 bits per heavy atom. The van der Waals surface area contributed by atoms with Crippen molar-refractivity contribution >= 4 is 5.96 Å². The molecule has 0 aliphatic carbocycles. The zero-order valence-electron chi connectivity index (χ0n) is 13.6. The van der Waals surface area contributed by atoms with Crippen LogP contribution >= 0.6 is 0 Å². The first kappa shape index (κ1) is 16.9. The molecule has 0 amide bonds. The van der Waals surface area contributed by atoms with E-state index >= 15 is 0 Å². The highest BCUT2D eigenvalue weighted by molar-refractivity contribution is 5.79. The number of rotatable bonds is 9. The zero-order chi connectivity index (χ0) is 16.2. The molecule has 0 atom stereocenters. The fraction of sp³-hybridized carbons (Fsp3) is 0.412. The maximum Gasteiger partial charge on any atom is 0.191 e. The van der Waals surface area contributed by atoms with Crippen LogP contribution in [0.25, 0.3) is 0 Å². The third-order valence-corrected chi connectivity index (χ3v) is 3.12. The maximum atomic E-state index is 5.66. The first-order valence-electron chi connectivity index (χ1n) is 8.06. The zero-order valence-corrected chi connectivity index (χ0v) is 13.6. The minimum Gasteiger partial charge on any atom is -0.494 e. The Morgan fingerprint density at radius 1 is 1.22 bits per heavy atom. The van der Waals surface area contributed by atoms with Crippen molar-refractivity contribution < 1.29 is 4.74 Å². The number of aromatic nitrogens is 2. The van der Waals surface area contributed by atoms with Gasteiger partial charge in [0.05, 0.1) is 13.2 Å². The maximum absolute atomic E-state index is 5.66. The molecule has 0 saturated heterocycles. The lowest BCUT2D eigenvalue weighted by molar-refractivity contribution is 0.313. The third kappa shape index (κ3) is 6.86. The first-order valence-corrected chi connectivity index (χ1v) is 8.06. The summed E-state index contributed by atoms with van der Waals surface area (Å²) in [5.41, 5.74) is 0. The molecule has 0 fully saturated rings. The molecule has 23 heavy (non-hydrogen) atoms. The fourth-order valence-electron chi connectivity index (χ4n) is 2.03. The van der Waals surface area contributed by atoms with Crippen LogP contribution < -0.4 is 15.4 Å². The second kappa shape index (κ2) is 10.3. The van der Waals surface area contributed by atoms with Crippen molar-refractivity contribution in [3.05, 3.63) is 48.8 Å². The molecule has 0 unspecified atom stereocenters. The summed E-state index contributed by atoms with van der Waals surface area (Å²) in [6, 6.07) is 11.8.